The van der Waals surface area contributed by atoms with Crippen LogP contribution in [0.15, 0.2) is 0 Å². The maximum absolute atomic E-state index is 10.6. The van der Waals surface area contributed by atoms with Crippen LogP contribution in [-0.2, 0) is 4.79 Å². The van der Waals surface area contributed by atoms with Crippen molar-refractivity contribution in [1.82, 2.24) is 5.32 Å². The second-order valence-electron chi connectivity index (χ2n) is 3.34. The first-order valence-electron chi connectivity index (χ1n) is 4.44. The average Bonchev–Trinajstić information content (AvgIpc) is 2.09. The lowest BCUT2D eigenvalue weighted by molar-refractivity contribution is -0.192. The average molecular weight is 229 g/mol. The van der Waals surface area contributed by atoms with Crippen LogP contribution in [0.25, 0.3) is 0 Å². The Morgan fingerprint density at radius 3 is 2.13 bits per heavy atom. The molecule has 0 aromatic rings. The van der Waals surface area contributed by atoms with Crippen molar-refractivity contribution in [3.05, 3.63) is 0 Å². The fourth-order valence-electron chi connectivity index (χ4n) is 1.00. The van der Waals surface area contributed by atoms with E-state index in [2.05, 4.69) is 12.2 Å². The Hall–Kier alpha value is -0.820. The Kier molecular flexibility index (Phi) is 5.59. The summed E-state index contributed by atoms with van der Waals surface area (Å²) in [6.45, 7) is 4.02. The van der Waals surface area contributed by atoms with Gasteiger partial charge in [0.15, 0.2) is 0 Å². The summed E-state index contributed by atoms with van der Waals surface area (Å²) in [7, 11) is 0. The normalized spacial score (nSPS) is 26.5. The van der Waals surface area contributed by atoms with E-state index in [0.29, 0.717) is 5.92 Å². The van der Waals surface area contributed by atoms with E-state index in [9.17, 15) is 13.2 Å². The van der Waals surface area contributed by atoms with Crippen molar-refractivity contribution < 1.29 is 28.2 Å². The van der Waals surface area contributed by atoms with E-state index < -0.39 is 12.1 Å². The number of nitrogens with one attached hydrogen (secondary N) is 1. The number of aliphatic carboxylic acids is 1. The Morgan fingerprint density at radius 1 is 1.47 bits per heavy atom. The van der Waals surface area contributed by atoms with Crippen LogP contribution in [-0.4, -0.2) is 41.6 Å². The van der Waals surface area contributed by atoms with Crippen LogP contribution in [0, 0.1) is 5.92 Å². The van der Waals surface area contributed by atoms with Gasteiger partial charge in [0, 0.05) is 6.54 Å². The first-order valence-corrected chi connectivity index (χ1v) is 4.44. The fourth-order valence-corrected chi connectivity index (χ4v) is 1.00. The van der Waals surface area contributed by atoms with Crippen molar-refractivity contribution in [3.8, 4) is 0 Å². The zero-order valence-electron chi connectivity index (χ0n) is 8.21. The smallest absolute Gasteiger partial charge is 0.475 e. The monoisotopic (exact) mass is 229 g/mol. The Bertz CT molecular complexity index is 198. The number of aliphatic hydroxyl groups is 1. The van der Waals surface area contributed by atoms with Gasteiger partial charge in [-0.2, -0.15) is 13.2 Å². The minimum absolute atomic E-state index is 0.0590. The summed E-state index contributed by atoms with van der Waals surface area (Å²) < 4.78 is 31.7. The van der Waals surface area contributed by atoms with Crippen molar-refractivity contribution in [1.29, 1.82) is 0 Å². The van der Waals surface area contributed by atoms with E-state index in [1.807, 2.05) is 0 Å². The zero-order chi connectivity index (χ0) is 12.1. The molecule has 15 heavy (non-hydrogen) atoms. The molecule has 1 heterocycles. The molecule has 0 spiro atoms. The number of aliphatic hydroxyl groups excluding tert-OH is 1. The number of piperidine rings is 1. The van der Waals surface area contributed by atoms with Crippen molar-refractivity contribution in [2.24, 2.45) is 5.92 Å². The van der Waals surface area contributed by atoms with Crippen LogP contribution in [0.5, 0.6) is 0 Å². The van der Waals surface area contributed by atoms with Gasteiger partial charge in [-0.3, -0.25) is 0 Å². The number of carboxylic acid groups (broad SMARTS) is 1. The van der Waals surface area contributed by atoms with Crippen molar-refractivity contribution in [3.63, 3.8) is 0 Å². The van der Waals surface area contributed by atoms with Crippen LogP contribution in [0.1, 0.15) is 13.3 Å². The lowest BCUT2D eigenvalue weighted by atomic mass is 9.99. The van der Waals surface area contributed by atoms with Gasteiger partial charge in [0.25, 0.3) is 0 Å². The number of carboxylic acids is 1. The Labute approximate surface area is 85.1 Å². The molecule has 1 rings (SSSR count). The van der Waals surface area contributed by atoms with Gasteiger partial charge >= 0.3 is 12.1 Å². The van der Waals surface area contributed by atoms with E-state index >= 15 is 0 Å². The molecular weight excluding hydrogens is 215 g/mol. The maximum Gasteiger partial charge on any atom is 0.490 e. The fraction of sp³-hybridized carbons (Fsp3) is 0.875. The summed E-state index contributed by atoms with van der Waals surface area (Å²) in [4.78, 5) is 8.90. The third-order valence-corrected chi connectivity index (χ3v) is 1.98. The molecule has 0 aromatic carbocycles. The predicted octanol–water partition coefficient (Wildman–Crippen LogP) is 0.610. The van der Waals surface area contributed by atoms with Crippen molar-refractivity contribution in [2.45, 2.75) is 25.6 Å². The van der Waals surface area contributed by atoms with Crippen LogP contribution in [0.2, 0.25) is 0 Å². The summed E-state index contributed by atoms with van der Waals surface area (Å²) in [6.07, 6.45) is -4.22. The quantitative estimate of drug-likeness (QED) is 0.569. The third kappa shape index (κ3) is 6.29. The second-order valence-corrected chi connectivity index (χ2v) is 3.34. The molecule has 0 aromatic heterocycles. The Balaban J connectivity index is 0.000000265. The number of halogens is 3. The van der Waals surface area contributed by atoms with Crippen molar-refractivity contribution in [2.75, 3.05) is 13.1 Å². The van der Waals surface area contributed by atoms with E-state index in [0.717, 1.165) is 19.5 Å². The first-order chi connectivity index (χ1) is 6.75. The molecule has 0 saturated carbocycles. The molecule has 2 atom stereocenters. The topological polar surface area (TPSA) is 69.6 Å². The molecule has 0 aliphatic carbocycles. The maximum atomic E-state index is 10.6. The molecule has 1 fully saturated rings. The van der Waals surface area contributed by atoms with Crippen LogP contribution >= 0.6 is 0 Å². The number of hydrogen-bond acceptors (Lipinski definition) is 3. The number of hydrogen-bond donors (Lipinski definition) is 3. The van der Waals surface area contributed by atoms with Gasteiger partial charge < -0.3 is 15.5 Å². The number of alkyl halides is 3. The van der Waals surface area contributed by atoms with E-state index in [4.69, 9.17) is 15.0 Å². The highest BCUT2D eigenvalue weighted by atomic mass is 19.4. The second kappa shape index (κ2) is 5.92. The molecular formula is C8H14F3NO3. The summed E-state index contributed by atoms with van der Waals surface area (Å²) >= 11 is 0. The van der Waals surface area contributed by atoms with Gasteiger partial charge in [-0.1, -0.05) is 6.92 Å². The molecule has 90 valence electrons. The molecule has 1 saturated heterocycles. The standard InChI is InChI=1S/C6H13NO.C2HF3O2/c1-5-4-7-3-2-6(5)8;3-2(4,5)1(6)7/h5-8H,2-4H2,1H3;(H,6,7)/t5-,6-;/m1./s1. The highest BCUT2D eigenvalue weighted by molar-refractivity contribution is 5.73. The molecule has 0 unspecified atom stereocenters. The lowest BCUT2D eigenvalue weighted by Crippen LogP contribution is -2.38. The first kappa shape index (κ1) is 14.2. The molecule has 1 aliphatic heterocycles. The van der Waals surface area contributed by atoms with Gasteiger partial charge in [0.1, 0.15) is 0 Å². The highest BCUT2D eigenvalue weighted by Crippen LogP contribution is 2.13. The lowest BCUT2D eigenvalue weighted by Gasteiger charge is -2.24. The van der Waals surface area contributed by atoms with E-state index in [-0.39, 0.29) is 6.10 Å². The highest BCUT2D eigenvalue weighted by Gasteiger charge is 2.38. The largest absolute Gasteiger partial charge is 0.490 e. The minimum Gasteiger partial charge on any atom is -0.475 e. The van der Waals surface area contributed by atoms with Gasteiger partial charge in [-0.25, -0.2) is 4.79 Å². The minimum atomic E-state index is -5.08. The summed E-state index contributed by atoms with van der Waals surface area (Å²) in [6, 6.07) is 0. The molecule has 7 heteroatoms. The predicted molar refractivity (Wildman–Crippen MR) is 46.3 cm³/mol. The van der Waals surface area contributed by atoms with Crippen LogP contribution in [0.3, 0.4) is 0 Å². The molecule has 4 nitrogen and oxygen atoms in total. The Morgan fingerprint density at radius 2 is 1.93 bits per heavy atom. The SMILES string of the molecule is C[C@@H]1CNCC[C@H]1O.O=C(O)C(F)(F)F. The molecule has 1 aliphatic rings. The summed E-state index contributed by atoms with van der Waals surface area (Å²) in [5.41, 5.74) is 0. The zero-order valence-corrected chi connectivity index (χ0v) is 8.21. The summed E-state index contributed by atoms with van der Waals surface area (Å²) in [5, 5.41) is 19.5. The summed E-state index contributed by atoms with van der Waals surface area (Å²) in [5.74, 6) is -2.31. The molecule has 3 N–H and O–H groups in total. The van der Waals surface area contributed by atoms with E-state index in [1.165, 1.54) is 0 Å². The number of carbonyl (C=O) groups is 1. The van der Waals surface area contributed by atoms with Gasteiger partial charge in [-0.05, 0) is 18.9 Å². The van der Waals surface area contributed by atoms with Crippen LogP contribution < -0.4 is 5.32 Å². The van der Waals surface area contributed by atoms with Crippen LogP contribution in [0.4, 0.5) is 13.2 Å². The molecule has 0 radical (unpaired) electrons. The van der Waals surface area contributed by atoms with Gasteiger partial charge in [0.2, 0.25) is 0 Å². The van der Waals surface area contributed by atoms with Gasteiger partial charge in [-0.15, -0.1) is 0 Å². The van der Waals surface area contributed by atoms with E-state index in [1.54, 1.807) is 0 Å². The number of rotatable bonds is 0. The molecule has 0 amide bonds. The molecule has 0 bridgehead atoms. The third-order valence-electron chi connectivity index (χ3n) is 1.98. The van der Waals surface area contributed by atoms with Gasteiger partial charge in [0.05, 0.1) is 6.10 Å². The van der Waals surface area contributed by atoms with Crippen molar-refractivity contribution >= 4 is 5.97 Å².